The third kappa shape index (κ3) is 4.43. The minimum Gasteiger partial charge on any atom is -0.497 e. The van der Waals surface area contributed by atoms with Gasteiger partial charge < -0.3 is 23.9 Å². The van der Waals surface area contributed by atoms with Crippen molar-refractivity contribution in [3.8, 4) is 11.5 Å². The van der Waals surface area contributed by atoms with E-state index in [0.29, 0.717) is 17.3 Å². The number of nitrogens with one attached hydrogen (secondary N) is 1. The van der Waals surface area contributed by atoms with Gasteiger partial charge in [-0.3, -0.25) is 4.79 Å². The molecule has 1 atom stereocenters. The molecule has 3 rings (SSSR count). The Labute approximate surface area is 162 Å². The molecule has 0 saturated heterocycles. The molecule has 28 heavy (non-hydrogen) atoms. The second kappa shape index (κ2) is 8.47. The standard InChI is InChI=1S/C21H21NO6/c1-13(19-10-14-6-4-5-7-18(14)28-19)22-20(23)12-27-21(24)15-8-16(25-2)11-17(9-15)26-3/h4-11,13H,12H2,1-3H3,(H,22,23)/t13-/m0/s1. The van der Waals surface area contributed by atoms with Crippen LogP contribution in [-0.2, 0) is 9.53 Å². The van der Waals surface area contributed by atoms with E-state index in [9.17, 15) is 9.59 Å². The normalized spacial score (nSPS) is 11.7. The van der Waals surface area contributed by atoms with Crippen LogP contribution in [0, 0.1) is 0 Å². The highest BCUT2D eigenvalue weighted by atomic mass is 16.5. The molecule has 0 saturated carbocycles. The van der Waals surface area contributed by atoms with Crippen LogP contribution in [0.1, 0.15) is 29.1 Å². The molecular formula is C21H21NO6. The van der Waals surface area contributed by atoms with E-state index >= 15 is 0 Å². The fourth-order valence-corrected chi connectivity index (χ4v) is 2.71. The predicted molar refractivity (Wildman–Crippen MR) is 103 cm³/mol. The van der Waals surface area contributed by atoms with Crippen molar-refractivity contribution in [3.05, 3.63) is 59.9 Å². The second-order valence-electron chi connectivity index (χ2n) is 6.15. The Kier molecular flexibility index (Phi) is 5.84. The van der Waals surface area contributed by atoms with Crippen LogP contribution in [0.2, 0.25) is 0 Å². The van der Waals surface area contributed by atoms with Crippen molar-refractivity contribution >= 4 is 22.8 Å². The Morgan fingerprint density at radius 3 is 2.36 bits per heavy atom. The van der Waals surface area contributed by atoms with Crippen LogP contribution in [0.15, 0.2) is 52.9 Å². The van der Waals surface area contributed by atoms with Crippen molar-refractivity contribution in [1.82, 2.24) is 5.32 Å². The lowest BCUT2D eigenvalue weighted by molar-refractivity contribution is -0.125. The fourth-order valence-electron chi connectivity index (χ4n) is 2.71. The number of ether oxygens (including phenoxy) is 3. The first-order valence-corrected chi connectivity index (χ1v) is 8.68. The molecule has 0 aliphatic rings. The Hall–Kier alpha value is -3.48. The maximum atomic E-state index is 12.2. The van der Waals surface area contributed by atoms with Crippen molar-refractivity contribution in [2.24, 2.45) is 0 Å². The number of carbonyl (C=O) groups excluding carboxylic acids is 2. The highest BCUT2D eigenvalue weighted by Crippen LogP contribution is 2.24. The summed E-state index contributed by atoms with van der Waals surface area (Å²) in [5.41, 5.74) is 0.978. The second-order valence-corrected chi connectivity index (χ2v) is 6.15. The summed E-state index contributed by atoms with van der Waals surface area (Å²) in [6.45, 7) is 1.38. The lowest BCUT2D eigenvalue weighted by atomic mass is 10.2. The number of esters is 1. The smallest absolute Gasteiger partial charge is 0.338 e. The molecule has 0 unspecified atom stereocenters. The molecule has 7 nitrogen and oxygen atoms in total. The van der Waals surface area contributed by atoms with Gasteiger partial charge in [-0.05, 0) is 31.2 Å². The van der Waals surface area contributed by atoms with Gasteiger partial charge in [-0.1, -0.05) is 18.2 Å². The van der Waals surface area contributed by atoms with Crippen LogP contribution in [0.5, 0.6) is 11.5 Å². The molecule has 0 aliphatic heterocycles. The minimum absolute atomic E-state index is 0.231. The van der Waals surface area contributed by atoms with Gasteiger partial charge in [0.1, 0.15) is 22.8 Å². The largest absolute Gasteiger partial charge is 0.497 e. The molecular weight excluding hydrogens is 362 g/mol. The van der Waals surface area contributed by atoms with E-state index < -0.39 is 18.5 Å². The number of rotatable bonds is 7. The minimum atomic E-state index is -0.649. The highest BCUT2D eigenvalue weighted by Gasteiger charge is 2.17. The zero-order chi connectivity index (χ0) is 20.1. The number of furan rings is 1. The van der Waals surface area contributed by atoms with Gasteiger partial charge in [0.2, 0.25) is 0 Å². The number of hydrogen-bond donors (Lipinski definition) is 1. The molecule has 0 spiro atoms. The van der Waals surface area contributed by atoms with Gasteiger partial charge in [0.25, 0.3) is 5.91 Å². The summed E-state index contributed by atoms with van der Waals surface area (Å²) in [7, 11) is 2.97. The molecule has 0 fully saturated rings. The maximum Gasteiger partial charge on any atom is 0.338 e. The van der Waals surface area contributed by atoms with Crippen molar-refractivity contribution < 1.29 is 28.2 Å². The number of hydrogen-bond acceptors (Lipinski definition) is 6. The van der Waals surface area contributed by atoms with Gasteiger partial charge >= 0.3 is 5.97 Å². The van der Waals surface area contributed by atoms with Crippen LogP contribution >= 0.6 is 0 Å². The Bertz CT molecular complexity index is 938. The highest BCUT2D eigenvalue weighted by molar-refractivity contribution is 5.92. The molecule has 2 aromatic carbocycles. The first-order valence-electron chi connectivity index (χ1n) is 8.68. The van der Waals surface area contributed by atoms with Gasteiger partial charge in [0.05, 0.1) is 25.8 Å². The van der Waals surface area contributed by atoms with E-state index in [4.69, 9.17) is 18.6 Å². The Morgan fingerprint density at radius 1 is 1.04 bits per heavy atom. The topological polar surface area (TPSA) is 87.0 Å². The zero-order valence-corrected chi connectivity index (χ0v) is 15.9. The van der Waals surface area contributed by atoms with Gasteiger partial charge in [-0.2, -0.15) is 0 Å². The average Bonchev–Trinajstić information content (AvgIpc) is 3.16. The van der Waals surface area contributed by atoms with E-state index in [1.54, 1.807) is 13.0 Å². The number of benzene rings is 2. The van der Waals surface area contributed by atoms with E-state index in [1.165, 1.54) is 26.4 Å². The molecule has 0 radical (unpaired) electrons. The monoisotopic (exact) mass is 383 g/mol. The molecule has 1 amide bonds. The SMILES string of the molecule is COc1cc(OC)cc(C(=O)OCC(=O)N[C@@H](C)c2cc3ccccc3o2)c1. The number of carbonyl (C=O) groups is 2. The molecule has 1 aromatic heterocycles. The predicted octanol–water partition coefficient (Wildman–Crippen LogP) is 3.48. The van der Waals surface area contributed by atoms with Gasteiger partial charge in [0.15, 0.2) is 6.61 Å². The van der Waals surface area contributed by atoms with Gasteiger partial charge in [-0.15, -0.1) is 0 Å². The number of para-hydroxylation sites is 1. The van der Waals surface area contributed by atoms with Crippen molar-refractivity contribution in [1.29, 1.82) is 0 Å². The molecule has 0 bridgehead atoms. The molecule has 146 valence electrons. The van der Waals surface area contributed by atoms with E-state index in [1.807, 2.05) is 30.3 Å². The van der Waals surface area contributed by atoms with E-state index in [0.717, 1.165) is 11.0 Å². The van der Waals surface area contributed by atoms with Crippen molar-refractivity contribution in [2.75, 3.05) is 20.8 Å². The summed E-state index contributed by atoms with van der Waals surface area (Å²) in [6.07, 6.45) is 0. The summed E-state index contributed by atoms with van der Waals surface area (Å²) in [5.74, 6) is 0.446. The van der Waals surface area contributed by atoms with Crippen LogP contribution in [-0.4, -0.2) is 32.7 Å². The Morgan fingerprint density at radius 2 is 1.71 bits per heavy atom. The van der Waals surface area contributed by atoms with Crippen LogP contribution < -0.4 is 14.8 Å². The summed E-state index contributed by atoms with van der Waals surface area (Å²) < 4.78 is 21.1. The van der Waals surface area contributed by atoms with Crippen molar-refractivity contribution in [3.63, 3.8) is 0 Å². The lowest BCUT2D eigenvalue weighted by Crippen LogP contribution is -2.31. The summed E-state index contributed by atoms with van der Waals surface area (Å²) in [6, 6.07) is 13.8. The first-order chi connectivity index (χ1) is 13.5. The third-order valence-corrected chi connectivity index (χ3v) is 4.17. The molecule has 3 aromatic rings. The Balaban J connectivity index is 1.58. The maximum absolute atomic E-state index is 12.2. The van der Waals surface area contributed by atoms with E-state index in [-0.39, 0.29) is 11.6 Å². The number of amides is 1. The van der Waals surface area contributed by atoms with Gasteiger partial charge in [0, 0.05) is 11.5 Å². The van der Waals surface area contributed by atoms with Crippen LogP contribution in [0.3, 0.4) is 0 Å². The quantitative estimate of drug-likeness (QED) is 0.629. The molecule has 1 N–H and O–H groups in total. The molecule has 0 aliphatic carbocycles. The number of fused-ring (bicyclic) bond motifs is 1. The summed E-state index contributed by atoms with van der Waals surface area (Å²) in [4.78, 5) is 24.4. The first kappa shape index (κ1) is 19.3. The fraction of sp³-hybridized carbons (Fsp3) is 0.238. The summed E-state index contributed by atoms with van der Waals surface area (Å²) >= 11 is 0. The van der Waals surface area contributed by atoms with Crippen LogP contribution in [0.25, 0.3) is 11.0 Å². The molecule has 7 heteroatoms. The van der Waals surface area contributed by atoms with Gasteiger partial charge in [-0.25, -0.2) is 4.79 Å². The zero-order valence-electron chi connectivity index (χ0n) is 15.9. The van der Waals surface area contributed by atoms with E-state index in [2.05, 4.69) is 5.32 Å². The average molecular weight is 383 g/mol. The van der Waals surface area contributed by atoms with Crippen molar-refractivity contribution in [2.45, 2.75) is 13.0 Å². The third-order valence-electron chi connectivity index (χ3n) is 4.17. The molecule has 1 heterocycles. The number of methoxy groups -OCH3 is 2. The summed E-state index contributed by atoms with van der Waals surface area (Å²) in [5, 5.41) is 3.71. The lowest BCUT2D eigenvalue weighted by Gasteiger charge is -2.12. The van der Waals surface area contributed by atoms with Crippen LogP contribution in [0.4, 0.5) is 0 Å².